The molecule has 0 atom stereocenters. The highest BCUT2D eigenvalue weighted by atomic mass is 16.3. The number of para-hydroxylation sites is 1. The van der Waals surface area contributed by atoms with E-state index in [-0.39, 0.29) is 30.3 Å². The molecule has 2 amide bonds. The van der Waals surface area contributed by atoms with Crippen LogP contribution in [0.2, 0.25) is 0 Å². The van der Waals surface area contributed by atoms with Crippen molar-refractivity contribution in [1.82, 2.24) is 20.6 Å². The monoisotopic (exact) mass is 436 g/mol. The SMILES string of the molecule is CN(C)c1nc(NC2CCC(NC(=O)CNC(=O)c3ccco3)CC2)nc2ccccc12. The summed E-state index contributed by atoms with van der Waals surface area (Å²) >= 11 is 0. The summed E-state index contributed by atoms with van der Waals surface area (Å²) in [5.74, 6) is 1.11. The second kappa shape index (κ2) is 9.67. The minimum Gasteiger partial charge on any atom is -0.459 e. The van der Waals surface area contributed by atoms with E-state index in [1.54, 1.807) is 12.1 Å². The Kier molecular flexibility index (Phi) is 6.53. The number of nitrogens with zero attached hydrogens (tertiary/aromatic N) is 3. The first-order valence-electron chi connectivity index (χ1n) is 10.8. The molecule has 3 N–H and O–H groups in total. The summed E-state index contributed by atoms with van der Waals surface area (Å²) in [5.41, 5.74) is 0.909. The van der Waals surface area contributed by atoms with Crippen LogP contribution in [0.15, 0.2) is 47.1 Å². The van der Waals surface area contributed by atoms with Crippen molar-refractivity contribution in [2.75, 3.05) is 30.9 Å². The van der Waals surface area contributed by atoms with Gasteiger partial charge in [-0.1, -0.05) is 12.1 Å². The third-order valence-corrected chi connectivity index (χ3v) is 5.59. The van der Waals surface area contributed by atoms with Gasteiger partial charge in [0.25, 0.3) is 5.91 Å². The Bertz CT molecular complexity index is 1070. The van der Waals surface area contributed by atoms with Crippen molar-refractivity contribution in [2.24, 2.45) is 0 Å². The normalized spacial score (nSPS) is 18.2. The van der Waals surface area contributed by atoms with E-state index in [1.165, 1.54) is 6.26 Å². The van der Waals surface area contributed by atoms with E-state index in [2.05, 4.69) is 20.9 Å². The predicted molar refractivity (Wildman–Crippen MR) is 123 cm³/mol. The number of rotatable bonds is 7. The first kappa shape index (κ1) is 21.6. The van der Waals surface area contributed by atoms with Crippen LogP contribution in [0.4, 0.5) is 11.8 Å². The Morgan fingerprint density at radius 2 is 1.78 bits per heavy atom. The first-order chi connectivity index (χ1) is 15.5. The predicted octanol–water partition coefficient (Wildman–Crippen LogP) is 2.56. The fourth-order valence-electron chi connectivity index (χ4n) is 3.96. The second-order valence-corrected chi connectivity index (χ2v) is 8.20. The molecule has 0 saturated heterocycles. The van der Waals surface area contributed by atoms with Crippen molar-refractivity contribution < 1.29 is 14.0 Å². The van der Waals surface area contributed by atoms with Gasteiger partial charge in [0.2, 0.25) is 11.9 Å². The summed E-state index contributed by atoms with van der Waals surface area (Å²) in [6.45, 7) is -0.0735. The van der Waals surface area contributed by atoms with Gasteiger partial charge in [-0.3, -0.25) is 9.59 Å². The molecule has 0 radical (unpaired) electrons. The summed E-state index contributed by atoms with van der Waals surface area (Å²) in [6.07, 6.45) is 4.92. The summed E-state index contributed by atoms with van der Waals surface area (Å²) in [4.78, 5) is 35.4. The number of nitrogens with one attached hydrogen (secondary N) is 3. The molecule has 0 unspecified atom stereocenters. The van der Waals surface area contributed by atoms with E-state index >= 15 is 0 Å². The Morgan fingerprint density at radius 3 is 2.50 bits per heavy atom. The van der Waals surface area contributed by atoms with Crippen LogP contribution in [0.3, 0.4) is 0 Å². The van der Waals surface area contributed by atoms with Crippen molar-refractivity contribution in [3.8, 4) is 0 Å². The number of carbonyl (C=O) groups excluding carboxylic acids is 2. The molecule has 1 fully saturated rings. The number of fused-ring (bicyclic) bond motifs is 1. The van der Waals surface area contributed by atoms with Gasteiger partial charge in [0.05, 0.1) is 18.3 Å². The maximum atomic E-state index is 12.2. The molecule has 3 aromatic rings. The van der Waals surface area contributed by atoms with Crippen molar-refractivity contribution in [3.05, 3.63) is 48.4 Å². The number of anilines is 2. The average Bonchev–Trinajstić information content (AvgIpc) is 3.33. The van der Waals surface area contributed by atoms with Crippen LogP contribution < -0.4 is 20.9 Å². The molecular weight excluding hydrogens is 408 g/mol. The third-order valence-electron chi connectivity index (χ3n) is 5.59. The number of aromatic nitrogens is 2. The van der Waals surface area contributed by atoms with Crippen molar-refractivity contribution in [2.45, 2.75) is 37.8 Å². The van der Waals surface area contributed by atoms with Gasteiger partial charge in [0.15, 0.2) is 5.76 Å². The molecule has 1 aliphatic rings. The highest BCUT2D eigenvalue weighted by Crippen LogP contribution is 2.26. The van der Waals surface area contributed by atoms with Crippen LogP contribution >= 0.6 is 0 Å². The molecule has 0 spiro atoms. The smallest absolute Gasteiger partial charge is 0.287 e. The zero-order chi connectivity index (χ0) is 22.5. The van der Waals surface area contributed by atoms with E-state index in [1.807, 2.05) is 43.3 Å². The highest BCUT2D eigenvalue weighted by molar-refractivity contribution is 5.94. The van der Waals surface area contributed by atoms with Crippen molar-refractivity contribution in [3.63, 3.8) is 0 Å². The van der Waals surface area contributed by atoms with Gasteiger partial charge < -0.3 is 25.3 Å². The number of furan rings is 1. The summed E-state index contributed by atoms with van der Waals surface area (Å²) in [7, 11) is 3.95. The van der Waals surface area contributed by atoms with Gasteiger partial charge in [-0.2, -0.15) is 4.98 Å². The Balaban J connectivity index is 1.27. The molecule has 168 valence electrons. The van der Waals surface area contributed by atoms with Crippen LogP contribution in [0, 0.1) is 0 Å². The van der Waals surface area contributed by atoms with E-state index < -0.39 is 5.91 Å². The lowest BCUT2D eigenvalue weighted by molar-refractivity contribution is -0.121. The lowest BCUT2D eigenvalue weighted by atomic mass is 9.91. The lowest BCUT2D eigenvalue weighted by Crippen LogP contribution is -2.44. The summed E-state index contributed by atoms with van der Waals surface area (Å²) in [6, 6.07) is 11.5. The molecule has 9 heteroatoms. The zero-order valence-electron chi connectivity index (χ0n) is 18.3. The van der Waals surface area contributed by atoms with Crippen molar-refractivity contribution in [1.29, 1.82) is 0 Å². The molecule has 1 aliphatic carbocycles. The molecule has 4 rings (SSSR count). The molecule has 1 aromatic carbocycles. The van der Waals surface area contributed by atoms with E-state index in [9.17, 15) is 9.59 Å². The third kappa shape index (κ3) is 5.16. The Morgan fingerprint density at radius 1 is 1.03 bits per heavy atom. The van der Waals surface area contributed by atoms with Gasteiger partial charge in [0.1, 0.15) is 5.82 Å². The minimum absolute atomic E-state index is 0.0735. The Hall–Kier alpha value is -3.62. The number of benzene rings is 1. The van der Waals surface area contributed by atoms with Crippen LogP contribution in [0.25, 0.3) is 10.9 Å². The number of carbonyl (C=O) groups is 2. The van der Waals surface area contributed by atoms with Gasteiger partial charge >= 0.3 is 0 Å². The van der Waals surface area contributed by atoms with Gasteiger partial charge in [-0.15, -0.1) is 0 Å². The van der Waals surface area contributed by atoms with E-state index in [0.717, 1.165) is 42.4 Å². The molecule has 2 heterocycles. The Labute approximate surface area is 186 Å². The number of amides is 2. The van der Waals surface area contributed by atoms with Crippen LogP contribution in [0.5, 0.6) is 0 Å². The van der Waals surface area contributed by atoms with Gasteiger partial charge in [0, 0.05) is 31.6 Å². The lowest BCUT2D eigenvalue weighted by Gasteiger charge is -2.30. The van der Waals surface area contributed by atoms with Crippen LogP contribution in [0.1, 0.15) is 36.2 Å². The molecule has 2 aromatic heterocycles. The maximum absolute atomic E-state index is 12.2. The van der Waals surface area contributed by atoms with Crippen molar-refractivity contribution >= 4 is 34.5 Å². The molecule has 0 bridgehead atoms. The van der Waals surface area contributed by atoms with Gasteiger partial charge in [-0.25, -0.2) is 4.98 Å². The molecule has 9 nitrogen and oxygen atoms in total. The fraction of sp³-hybridized carbons (Fsp3) is 0.391. The largest absolute Gasteiger partial charge is 0.459 e. The fourth-order valence-corrected chi connectivity index (χ4v) is 3.96. The van der Waals surface area contributed by atoms with Crippen LogP contribution in [-0.2, 0) is 4.79 Å². The van der Waals surface area contributed by atoms with E-state index in [0.29, 0.717) is 5.95 Å². The summed E-state index contributed by atoms with van der Waals surface area (Å²) in [5, 5.41) is 10.1. The van der Waals surface area contributed by atoms with Crippen LogP contribution in [-0.4, -0.2) is 54.5 Å². The quantitative estimate of drug-likeness (QED) is 0.522. The minimum atomic E-state index is -0.398. The van der Waals surface area contributed by atoms with Gasteiger partial charge in [-0.05, 0) is 49.9 Å². The van der Waals surface area contributed by atoms with E-state index in [4.69, 9.17) is 9.40 Å². The highest BCUT2D eigenvalue weighted by Gasteiger charge is 2.23. The summed E-state index contributed by atoms with van der Waals surface area (Å²) < 4.78 is 5.02. The topological polar surface area (TPSA) is 112 Å². The average molecular weight is 437 g/mol. The maximum Gasteiger partial charge on any atom is 0.287 e. The molecule has 0 aliphatic heterocycles. The molecule has 1 saturated carbocycles. The second-order valence-electron chi connectivity index (χ2n) is 8.20. The standard InChI is InChI=1S/C23H28N6O3/c1-29(2)21-17-6-3-4-7-18(17)27-23(28-21)26-16-11-9-15(10-12-16)25-20(30)14-24-22(31)19-8-5-13-32-19/h3-8,13,15-16H,9-12,14H2,1-2H3,(H,24,31)(H,25,30)(H,26,27,28). The first-order valence-corrected chi connectivity index (χ1v) is 10.8. The molecular formula is C23H28N6O3. The molecule has 32 heavy (non-hydrogen) atoms. The number of hydrogen-bond donors (Lipinski definition) is 3. The number of hydrogen-bond acceptors (Lipinski definition) is 7. The zero-order valence-corrected chi connectivity index (χ0v) is 18.3.